The van der Waals surface area contributed by atoms with E-state index in [1.165, 1.54) is 0 Å². The number of carbonyl (C=O) groups is 9. The van der Waals surface area contributed by atoms with Crippen molar-refractivity contribution in [2.24, 2.45) is 72.5 Å². The molecule has 1 aromatic carbocycles. The zero-order chi connectivity index (χ0) is 61.6. The predicted octanol–water partition coefficient (Wildman–Crippen LogP) is -4.66. The van der Waals surface area contributed by atoms with E-state index in [1.807, 2.05) is 6.92 Å². The number of nitrogens with two attached hydrogens (primary N) is 9. The number of rotatable bonds is 26. The fraction of sp³-hybridized carbons (Fsp3) is 0.608. The minimum absolute atomic E-state index is 0.0260. The summed E-state index contributed by atoms with van der Waals surface area (Å²) < 4.78 is 5.61. The monoisotopic (exact) mass is 1200 g/mol. The van der Waals surface area contributed by atoms with Crippen LogP contribution in [0.5, 0.6) is 5.75 Å². The molecule has 2 fully saturated rings. The number of carbonyl (C=O) groups excluding carboxylic acids is 9. The number of primary amides is 1. The average Bonchev–Trinajstić information content (AvgIpc) is 4.12. The summed E-state index contributed by atoms with van der Waals surface area (Å²) in [5.74, 6) is -8.75. The van der Waals surface area contributed by atoms with Gasteiger partial charge in [-0.3, -0.25) is 58.1 Å². The molecule has 1 saturated heterocycles. The third-order valence-corrected chi connectivity index (χ3v) is 15.5. The zero-order valence-corrected chi connectivity index (χ0v) is 49.0. The molecule has 0 radical (unpaired) electrons. The van der Waals surface area contributed by atoms with E-state index < -0.39 is 114 Å². The van der Waals surface area contributed by atoms with Crippen molar-refractivity contribution < 1.29 is 47.9 Å². The van der Waals surface area contributed by atoms with Gasteiger partial charge in [0.25, 0.3) is 0 Å². The third-order valence-electron chi connectivity index (χ3n) is 12.9. The number of allylic oxidation sites excluding steroid dienone is 1. The maximum atomic E-state index is 14.8. The highest BCUT2D eigenvalue weighted by Crippen LogP contribution is 2.40. The van der Waals surface area contributed by atoms with E-state index in [2.05, 4.69) is 57.5 Å². The van der Waals surface area contributed by atoms with E-state index in [0.29, 0.717) is 35.7 Å². The Balaban J connectivity index is 2.21. The van der Waals surface area contributed by atoms with Crippen LogP contribution in [0.4, 0.5) is 0 Å². The van der Waals surface area contributed by atoms with Crippen molar-refractivity contribution >= 4 is 92.6 Å². The van der Waals surface area contributed by atoms with Crippen LogP contribution in [0.2, 0.25) is 0 Å². The molecule has 0 aromatic heterocycles. The summed E-state index contributed by atoms with van der Waals surface area (Å²) in [4.78, 5) is 140. The minimum atomic E-state index is -1.74. The highest BCUT2D eigenvalue weighted by atomic mass is 33.1. The normalized spacial score (nSPS) is 21.1. The Hall–Kier alpha value is -7.58. The van der Waals surface area contributed by atoms with Crippen LogP contribution < -0.4 is 98.9 Å². The number of aliphatic imine (C=N–C) groups is 3. The van der Waals surface area contributed by atoms with Crippen LogP contribution in [-0.4, -0.2) is 164 Å². The van der Waals surface area contributed by atoms with E-state index >= 15 is 0 Å². The van der Waals surface area contributed by atoms with Gasteiger partial charge in [-0.25, -0.2) is 0 Å². The number of benzene rings is 1. The molecule has 1 aromatic rings. The van der Waals surface area contributed by atoms with E-state index in [1.54, 1.807) is 38.1 Å². The molecule has 1 aliphatic carbocycles. The largest absolute Gasteiger partial charge is 0.494 e. The highest BCUT2D eigenvalue weighted by molar-refractivity contribution is 8.78. The Kier molecular flexibility index (Phi) is 30.9. The lowest BCUT2D eigenvalue weighted by molar-refractivity contribution is -0.136. The second kappa shape index (κ2) is 36.8. The quantitative estimate of drug-likeness (QED) is 0.0179. The number of nitrogens with zero attached hydrogens (tertiary/aromatic N) is 3. The molecule has 30 nitrogen and oxygen atoms in total. The third kappa shape index (κ3) is 25.6. The maximum absolute atomic E-state index is 14.8. The summed E-state index contributed by atoms with van der Waals surface area (Å²) in [6.45, 7) is 5.81. The van der Waals surface area contributed by atoms with Crippen LogP contribution in [0.15, 0.2) is 49.7 Å². The molecule has 3 unspecified atom stereocenters. The van der Waals surface area contributed by atoms with Crippen molar-refractivity contribution in [3.05, 3.63) is 40.3 Å². The molecule has 2 aliphatic rings. The SMILES string of the molecule is CCOc1ccc(CC2NC(=O)[C@@H](N)C(=C3CCCC3)SSCC(C(=O)N[C@@H](CCCN=C(N)N)C(=O)N[C@@H](CCCN=C(N)N)C(=O)NCCN)NC(=O)[C@H](CC(N)=O)NC(=O)[C@H](C(C)C)NC(=O)C(CCCN=C(N)N)NC2=O)cc1. The van der Waals surface area contributed by atoms with Crippen LogP contribution >= 0.6 is 21.6 Å². The molecule has 26 N–H and O–H groups in total. The lowest BCUT2D eigenvalue weighted by Gasteiger charge is -2.29. The fourth-order valence-corrected chi connectivity index (χ4v) is 11.4. The van der Waals surface area contributed by atoms with Crippen molar-refractivity contribution in [3.63, 3.8) is 0 Å². The van der Waals surface area contributed by atoms with Crippen LogP contribution in [0.1, 0.15) is 97.0 Å². The number of amides is 9. The lowest BCUT2D eigenvalue weighted by atomic mass is 10.0. The smallest absolute Gasteiger partial charge is 0.244 e. The van der Waals surface area contributed by atoms with Gasteiger partial charge in [0.15, 0.2) is 17.9 Å². The number of ether oxygens (including phenoxy) is 1. The van der Waals surface area contributed by atoms with Crippen LogP contribution in [-0.2, 0) is 49.6 Å². The molecular weight excluding hydrogens is 1120 g/mol. The Labute approximate surface area is 491 Å². The van der Waals surface area contributed by atoms with E-state index in [9.17, 15) is 43.2 Å². The van der Waals surface area contributed by atoms with Gasteiger partial charge in [0, 0.05) is 49.8 Å². The Morgan fingerprint density at radius 2 is 1.23 bits per heavy atom. The topological polar surface area (TPSA) is 530 Å². The second-order valence-corrected chi connectivity index (χ2v) is 22.4. The minimum Gasteiger partial charge on any atom is -0.494 e. The first-order valence-electron chi connectivity index (χ1n) is 27.5. The Morgan fingerprint density at radius 1 is 0.687 bits per heavy atom. The van der Waals surface area contributed by atoms with Crippen molar-refractivity contribution in [2.75, 3.05) is 45.1 Å². The van der Waals surface area contributed by atoms with Gasteiger partial charge < -0.3 is 98.9 Å². The number of nitrogens with one attached hydrogen (secondary N) is 8. The first-order chi connectivity index (χ1) is 39.4. The number of hydrogen-bond donors (Lipinski definition) is 17. The van der Waals surface area contributed by atoms with Crippen molar-refractivity contribution in [1.29, 1.82) is 0 Å². The standard InChI is InChI=1S/C51H86N20O10S2/c1-4-81-30-17-15-28(16-18-30)24-34-44(76)66-33(14-9-22-64-51(59)60)43(75)71-39(27(2)3)48(80)69-35(25-37(53)72)45(77)70-36(26-82-83-40(29-10-5-6-11-29)38(54)47(79)68-34)46(78)67-32(13-8-21-63-50(57)58)42(74)65-31(41(73)61-23-19-52)12-7-20-62-49(55)56/h15-18,27,31-36,38-39H,4-14,19-26,52,54H2,1-3H3,(H2,53,72)(H,61,73)(H,65,74)(H,66,76)(H,67,78)(H,68,79)(H,69,80)(H,70,77)(H,71,75)(H4,55,56,62)(H4,57,58,63)(H4,59,60,64)/t31-,32-,33?,34?,35-,36?,38-,39-/m0/s1. The summed E-state index contributed by atoms with van der Waals surface area (Å²) in [5, 5.41) is 21.4. The van der Waals surface area contributed by atoms with Gasteiger partial charge in [-0.2, -0.15) is 0 Å². The first-order valence-corrected chi connectivity index (χ1v) is 29.8. The van der Waals surface area contributed by atoms with Gasteiger partial charge in [0.2, 0.25) is 53.2 Å². The summed E-state index contributed by atoms with van der Waals surface area (Å²) in [6.07, 6.45) is 2.28. The van der Waals surface area contributed by atoms with Crippen LogP contribution in [0.3, 0.4) is 0 Å². The average molecular weight is 1200 g/mol. The molecular formula is C51H86N20O10S2. The molecule has 32 heteroatoms. The molecule has 0 bridgehead atoms. The Morgan fingerprint density at radius 3 is 1.78 bits per heavy atom. The van der Waals surface area contributed by atoms with E-state index in [-0.39, 0.29) is 101 Å². The number of hydrogen-bond acceptors (Lipinski definition) is 17. The molecule has 0 spiro atoms. The summed E-state index contributed by atoms with van der Waals surface area (Å²) in [7, 11) is 2.08. The van der Waals surface area contributed by atoms with Gasteiger partial charge in [-0.1, -0.05) is 53.1 Å². The highest BCUT2D eigenvalue weighted by Gasteiger charge is 2.37. The Bertz CT molecular complexity index is 2480. The molecule has 8 atom stereocenters. The van der Waals surface area contributed by atoms with Crippen LogP contribution in [0, 0.1) is 5.92 Å². The summed E-state index contributed by atoms with van der Waals surface area (Å²) in [6, 6.07) is -4.48. The van der Waals surface area contributed by atoms with Gasteiger partial charge in [-0.05, 0) is 94.7 Å². The summed E-state index contributed by atoms with van der Waals surface area (Å²) >= 11 is 0. The van der Waals surface area contributed by atoms with Gasteiger partial charge in [0.1, 0.15) is 54.1 Å². The molecule has 3 rings (SSSR count). The number of guanidine groups is 3. The van der Waals surface area contributed by atoms with Crippen molar-refractivity contribution in [2.45, 2.75) is 146 Å². The predicted molar refractivity (Wildman–Crippen MR) is 319 cm³/mol. The molecule has 462 valence electrons. The van der Waals surface area contributed by atoms with Crippen molar-refractivity contribution in [1.82, 2.24) is 42.5 Å². The van der Waals surface area contributed by atoms with Gasteiger partial charge in [-0.15, -0.1) is 0 Å². The van der Waals surface area contributed by atoms with Crippen molar-refractivity contribution in [3.8, 4) is 5.75 Å². The second-order valence-electron chi connectivity index (χ2n) is 20.0. The van der Waals surface area contributed by atoms with E-state index in [4.69, 9.17) is 56.3 Å². The van der Waals surface area contributed by atoms with Gasteiger partial charge >= 0.3 is 0 Å². The molecule has 1 aliphatic heterocycles. The molecule has 1 saturated carbocycles. The molecule has 1 heterocycles. The summed E-state index contributed by atoms with van der Waals surface area (Å²) in [5.41, 5.74) is 52.8. The maximum Gasteiger partial charge on any atom is 0.244 e. The van der Waals surface area contributed by atoms with Gasteiger partial charge in [0.05, 0.1) is 13.0 Å². The fourth-order valence-electron chi connectivity index (χ4n) is 8.63. The lowest BCUT2D eigenvalue weighted by Crippen LogP contribution is -2.61. The zero-order valence-electron chi connectivity index (χ0n) is 47.4. The molecule has 9 amide bonds. The first kappa shape index (κ1) is 69.7. The van der Waals surface area contributed by atoms with Crippen LogP contribution in [0.25, 0.3) is 0 Å². The molecule has 83 heavy (non-hydrogen) atoms. The van der Waals surface area contributed by atoms with E-state index in [0.717, 1.165) is 40.0 Å².